The molecule has 0 aliphatic rings. The third-order valence-corrected chi connectivity index (χ3v) is 7.13. The van der Waals surface area contributed by atoms with Crippen molar-refractivity contribution in [3.8, 4) is 0 Å². The maximum atomic E-state index is 11.9. The normalized spacial score (nSPS) is 12.3. The molecule has 0 rings (SSSR count). The third kappa shape index (κ3) is 34.2. The quantitative estimate of drug-likeness (QED) is 0.0501. The summed E-state index contributed by atoms with van der Waals surface area (Å²) in [5, 5.41) is 0. The number of hydrogen-bond acceptors (Lipinski definition) is 2. The first-order valence-electron chi connectivity index (χ1n) is 17.2. The largest absolute Gasteiger partial charge is 0.466 e. The number of hydrogen-bond donors (Lipinski definition) is 0. The molecule has 40 heavy (non-hydrogen) atoms. The number of rotatable bonds is 30. The molecule has 0 aromatic carbocycles. The summed E-state index contributed by atoms with van der Waals surface area (Å²) in [5.41, 5.74) is 0. The van der Waals surface area contributed by atoms with Crippen molar-refractivity contribution in [2.45, 2.75) is 168 Å². The Balaban J connectivity index is 3.38. The van der Waals surface area contributed by atoms with Gasteiger partial charge < -0.3 is 4.74 Å². The second-order valence-corrected chi connectivity index (χ2v) is 11.1. The number of carbonyl (C=O) groups is 1. The van der Waals surface area contributed by atoms with Crippen LogP contribution in [0, 0.1) is 0 Å². The van der Waals surface area contributed by atoms with E-state index in [1.165, 1.54) is 109 Å². The Bertz CT molecular complexity index is 652. The van der Waals surface area contributed by atoms with Gasteiger partial charge in [-0.2, -0.15) is 0 Å². The Morgan fingerprint density at radius 1 is 0.425 bits per heavy atom. The first-order valence-corrected chi connectivity index (χ1v) is 17.2. The first-order chi connectivity index (χ1) is 19.8. The molecule has 0 aliphatic heterocycles. The molecule has 0 unspecified atom stereocenters. The maximum Gasteiger partial charge on any atom is 0.305 e. The van der Waals surface area contributed by atoms with Crippen LogP contribution in [-0.4, -0.2) is 12.6 Å². The standard InChI is InChI=1S/C38H66O2/c1-3-5-7-9-11-13-15-17-19-21-22-24-26-28-30-32-34-36-38(39)40-37-35-33-31-29-27-25-23-20-18-16-14-12-10-8-6-4-2/h11,13,17-20,22,24,28,30H,3-10,12,14-16,21,23,25-27,29,31-37H2,1-2H3/b13-11-,19-17-,20-18+,24-22-,30-28-. The van der Waals surface area contributed by atoms with E-state index in [-0.39, 0.29) is 5.97 Å². The van der Waals surface area contributed by atoms with Crippen LogP contribution in [0.5, 0.6) is 0 Å². The molecule has 2 nitrogen and oxygen atoms in total. The molecule has 0 bridgehead atoms. The molecule has 0 aromatic rings. The van der Waals surface area contributed by atoms with Crippen LogP contribution in [0.3, 0.4) is 0 Å². The van der Waals surface area contributed by atoms with Gasteiger partial charge >= 0.3 is 5.97 Å². The molecular weight excluding hydrogens is 488 g/mol. The van der Waals surface area contributed by atoms with Crippen LogP contribution in [0.1, 0.15) is 168 Å². The molecule has 230 valence electrons. The molecule has 0 fully saturated rings. The number of carbonyl (C=O) groups excluding carboxylic acids is 1. The number of ether oxygens (including phenoxy) is 1. The fraction of sp³-hybridized carbons (Fsp3) is 0.711. The van der Waals surface area contributed by atoms with Crippen LogP contribution >= 0.6 is 0 Å². The van der Waals surface area contributed by atoms with Crippen molar-refractivity contribution >= 4 is 5.97 Å². The van der Waals surface area contributed by atoms with Gasteiger partial charge in [0.1, 0.15) is 0 Å². The zero-order valence-electron chi connectivity index (χ0n) is 26.8. The minimum Gasteiger partial charge on any atom is -0.466 e. The summed E-state index contributed by atoms with van der Waals surface area (Å²) < 4.78 is 5.40. The Kier molecular flexibility index (Phi) is 33.6. The smallest absolute Gasteiger partial charge is 0.305 e. The van der Waals surface area contributed by atoms with Crippen molar-refractivity contribution in [2.24, 2.45) is 0 Å². The second kappa shape index (κ2) is 35.2. The lowest BCUT2D eigenvalue weighted by Gasteiger charge is -2.04. The highest BCUT2D eigenvalue weighted by Gasteiger charge is 2.01. The van der Waals surface area contributed by atoms with Gasteiger partial charge in [0, 0.05) is 6.42 Å². The molecule has 0 amide bonds. The summed E-state index contributed by atoms with van der Waals surface area (Å²) >= 11 is 0. The van der Waals surface area contributed by atoms with Gasteiger partial charge in [-0.05, 0) is 77.0 Å². The van der Waals surface area contributed by atoms with E-state index in [0.29, 0.717) is 13.0 Å². The minimum atomic E-state index is -0.0383. The van der Waals surface area contributed by atoms with Crippen LogP contribution in [0.4, 0.5) is 0 Å². The average molecular weight is 555 g/mol. The van der Waals surface area contributed by atoms with E-state index in [0.717, 1.165) is 38.5 Å². The van der Waals surface area contributed by atoms with Gasteiger partial charge in [-0.15, -0.1) is 0 Å². The summed E-state index contributed by atoms with van der Waals surface area (Å²) in [4.78, 5) is 11.9. The van der Waals surface area contributed by atoms with Gasteiger partial charge in [0.05, 0.1) is 6.61 Å². The Hall–Kier alpha value is -1.83. The van der Waals surface area contributed by atoms with E-state index in [4.69, 9.17) is 4.74 Å². The van der Waals surface area contributed by atoms with E-state index < -0.39 is 0 Å². The van der Waals surface area contributed by atoms with Crippen LogP contribution < -0.4 is 0 Å². The molecule has 0 aromatic heterocycles. The SMILES string of the molecule is CCCCC/C=C\C/C=C\C/C=C\C/C=C\CCCC(=O)OCCCCCCCC/C=C/CCCCCCCC. The highest BCUT2D eigenvalue weighted by atomic mass is 16.5. The van der Waals surface area contributed by atoms with Gasteiger partial charge in [0.25, 0.3) is 0 Å². The molecule has 0 N–H and O–H groups in total. The van der Waals surface area contributed by atoms with E-state index in [1.54, 1.807) is 0 Å². The van der Waals surface area contributed by atoms with Gasteiger partial charge in [0.2, 0.25) is 0 Å². The van der Waals surface area contributed by atoms with Crippen molar-refractivity contribution in [1.29, 1.82) is 0 Å². The summed E-state index contributed by atoms with van der Waals surface area (Å²) in [6.07, 6.45) is 51.3. The molecule has 2 heteroatoms. The molecule has 0 heterocycles. The van der Waals surface area contributed by atoms with E-state index in [9.17, 15) is 4.79 Å². The van der Waals surface area contributed by atoms with Gasteiger partial charge in [0.15, 0.2) is 0 Å². The van der Waals surface area contributed by atoms with Gasteiger partial charge in [-0.1, -0.05) is 145 Å². The van der Waals surface area contributed by atoms with E-state index in [1.807, 2.05) is 0 Å². The molecule has 0 atom stereocenters. The molecule has 0 saturated heterocycles. The summed E-state index contributed by atoms with van der Waals surface area (Å²) in [6, 6.07) is 0. The van der Waals surface area contributed by atoms with Crippen LogP contribution in [0.25, 0.3) is 0 Å². The summed E-state index contributed by atoms with van der Waals surface area (Å²) in [7, 11) is 0. The molecular formula is C38H66O2. The predicted octanol–water partition coefficient (Wildman–Crippen LogP) is 12.7. The summed E-state index contributed by atoms with van der Waals surface area (Å²) in [6.45, 7) is 5.11. The van der Waals surface area contributed by atoms with E-state index in [2.05, 4.69) is 74.6 Å². The molecule has 0 aliphatic carbocycles. The second-order valence-electron chi connectivity index (χ2n) is 11.1. The highest BCUT2D eigenvalue weighted by molar-refractivity contribution is 5.69. The lowest BCUT2D eigenvalue weighted by Crippen LogP contribution is -2.05. The zero-order valence-corrected chi connectivity index (χ0v) is 26.8. The molecule has 0 spiro atoms. The third-order valence-electron chi connectivity index (χ3n) is 7.13. The predicted molar refractivity (Wildman–Crippen MR) is 179 cm³/mol. The fourth-order valence-corrected chi connectivity index (χ4v) is 4.53. The minimum absolute atomic E-state index is 0.0383. The van der Waals surface area contributed by atoms with Crippen molar-refractivity contribution < 1.29 is 9.53 Å². The van der Waals surface area contributed by atoms with Crippen LogP contribution in [0.2, 0.25) is 0 Å². The average Bonchev–Trinajstić information content (AvgIpc) is 2.96. The highest BCUT2D eigenvalue weighted by Crippen LogP contribution is 2.10. The van der Waals surface area contributed by atoms with Crippen molar-refractivity contribution in [2.75, 3.05) is 6.61 Å². The summed E-state index contributed by atoms with van der Waals surface area (Å²) in [5.74, 6) is -0.0383. The van der Waals surface area contributed by atoms with Crippen molar-refractivity contribution in [3.05, 3.63) is 60.8 Å². The van der Waals surface area contributed by atoms with Crippen molar-refractivity contribution in [1.82, 2.24) is 0 Å². The van der Waals surface area contributed by atoms with Crippen LogP contribution in [0.15, 0.2) is 60.8 Å². The zero-order chi connectivity index (χ0) is 29.0. The fourth-order valence-electron chi connectivity index (χ4n) is 4.53. The van der Waals surface area contributed by atoms with Crippen molar-refractivity contribution in [3.63, 3.8) is 0 Å². The number of allylic oxidation sites excluding steroid dienone is 10. The Morgan fingerprint density at radius 2 is 0.775 bits per heavy atom. The lowest BCUT2D eigenvalue weighted by atomic mass is 10.1. The van der Waals surface area contributed by atoms with Crippen LogP contribution in [-0.2, 0) is 9.53 Å². The Labute approximate surface area is 250 Å². The topological polar surface area (TPSA) is 26.3 Å². The van der Waals surface area contributed by atoms with E-state index >= 15 is 0 Å². The lowest BCUT2D eigenvalue weighted by molar-refractivity contribution is -0.143. The number of unbranched alkanes of at least 4 members (excludes halogenated alkanes) is 16. The maximum absolute atomic E-state index is 11.9. The Morgan fingerprint density at radius 3 is 1.30 bits per heavy atom. The molecule has 0 radical (unpaired) electrons. The van der Waals surface area contributed by atoms with Gasteiger partial charge in [-0.25, -0.2) is 0 Å². The first kappa shape index (κ1) is 38.2. The number of esters is 1. The molecule has 0 saturated carbocycles. The monoisotopic (exact) mass is 555 g/mol. The van der Waals surface area contributed by atoms with Gasteiger partial charge in [-0.3, -0.25) is 4.79 Å².